The predicted octanol–water partition coefficient (Wildman–Crippen LogP) is 3.11. The molecular formula is C22H23N3O3. The number of benzene rings is 1. The molecule has 3 aromatic rings. The van der Waals surface area contributed by atoms with E-state index in [1.165, 1.54) is 0 Å². The molecule has 2 aromatic heterocycles. The summed E-state index contributed by atoms with van der Waals surface area (Å²) < 4.78 is 5.14. The third-order valence-electron chi connectivity index (χ3n) is 4.55. The molecule has 6 heteroatoms. The van der Waals surface area contributed by atoms with Gasteiger partial charge in [0.2, 0.25) is 0 Å². The zero-order chi connectivity index (χ0) is 20.1. The minimum absolute atomic E-state index is 0.0851. The maximum atomic E-state index is 12.5. The van der Waals surface area contributed by atoms with E-state index in [9.17, 15) is 9.59 Å². The van der Waals surface area contributed by atoms with Crippen molar-refractivity contribution in [1.82, 2.24) is 15.3 Å². The van der Waals surface area contributed by atoms with Crippen LogP contribution in [0.1, 0.15) is 28.5 Å². The van der Waals surface area contributed by atoms with Crippen LogP contribution in [-0.4, -0.2) is 29.0 Å². The number of nitrogens with one attached hydrogen (secondary N) is 2. The van der Waals surface area contributed by atoms with E-state index >= 15 is 0 Å². The smallest absolute Gasteiger partial charge is 0.261 e. The zero-order valence-corrected chi connectivity index (χ0v) is 16.2. The van der Waals surface area contributed by atoms with Gasteiger partial charge in [-0.05, 0) is 67.4 Å². The third-order valence-corrected chi connectivity index (χ3v) is 4.55. The Kier molecular flexibility index (Phi) is 5.89. The summed E-state index contributed by atoms with van der Waals surface area (Å²) in [7, 11) is 1.60. The average Bonchev–Trinajstić information content (AvgIpc) is 2.69. The lowest BCUT2D eigenvalue weighted by atomic mass is 10.1. The van der Waals surface area contributed by atoms with Crippen molar-refractivity contribution in [3.63, 3.8) is 0 Å². The zero-order valence-electron chi connectivity index (χ0n) is 16.2. The largest absolute Gasteiger partial charge is 0.497 e. The number of amides is 1. The van der Waals surface area contributed by atoms with Gasteiger partial charge in [0.25, 0.3) is 11.5 Å². The number of hydrogen-bond acceptors (Lipinski definition) is 4. The first-order chi connectivity index (χ1) is 13.5. The molecule has 1 atom stereocenters. The molecule has 0 aliphatic heterocycles. The summed E-state index contributed by atoms with van der Waals surface area (Å²) in [5, 5.41) is 2.87. The minimum Gasteiger partial charge on any atom is -0.497 e. The Hall–Kier alpha value is -3.41. The van der Waals surface area contributed by atoms with E-state index in [-0.39, 0.29) is 11.6 Å². The number of aromatic amines is 1. The molecule has 1 aromatic carbocycles. The summed E-state index contributed by atoms with van der Waals surface area (Å²) in [5.41, 5.74) is 3.14. The van der Waals surface area contributed by atoms with Gasteiger partial charge in [0.15, 0.2) is 0 Å². The van der Waals surface area contributed by atoms with Gasteiger partial charge in [-0.3, -0.25) is 14.6 Å². The summed E-state index contributed by atoms with van der Waals surface area (Å²) in [6, 6.07) is 14.3. The van der Waals surface area contributed by atoms with E-state index in [0.29, 0.717) is 12.1 Å². The lowest BCUT2D eigenvalue weighted by Gasteiger charge is -2.14. The van der Waals surface area contributed by atoms with Gasteiger partial charge in [-0.2, -0.15) is 0 Å². The molecule has 0 fully saturated rings. The number of H-pyrrole nitrogens is 1. The lowest BCUT2D eigenvalue weighted by molar-refractivity contribution is 0.0938. The van der Waals surface area contributed by atoms with Crippen LogP contribution in [0.25, 0.3) is 11.3 Å². The van der Waals surface area contributed by atoms with Crippen molar-refractivity contribution in [1.29, 1.82) is 0 Å². The van der Waals surface area contributed by atoms with Crippen LogP contribution in [-0.2, 0) is 6.42 Å². The fraction of sp³-hybridized carbons (Fsp3) is 0.227. The van der Waals surface area contributed by atoms with Gasteiger partial charge in [0, 0.05) is 30.0 Å². The summed E-state index contributed by atoms with van der Waals surface area (Å²) in [6.07, 6.45) is 2.33. The second-order valence-corrected chi connectivity index (χ2v) is 6.69. The second kappa shape index (κ2) is 8.52. The van der Waals surface area contributed by atoms with E-state index in [1.807, 2.05) is 50.2 Å². The number of hydrogen-bond donors (Lipinski definition) is 2. The van der Waals surface area contributed by atoms with Crippen LogP contribution in [0.4, 0.5) is 0 Å². The van der Waals surface area contributed by atoms with Gasteiger partial charge in [0.1, 0.15) is 11.3 Å². The Morgan fingerprint density at radius 1 is 1.18 bits per heavy atom. The predicted molar refractivity (Wildman–Crippen MR) is 109 cm³/mol. The number of aromatic nitrogens is 2. The molecule has 2 heterocycles. The van der Waals surface area contributed by atoms with E-state index in [0.717, 1.165) is 22.6 Å². The first kappa shape index (κ1) is 19.4. The van der Waals surface area contributed by atoms with Crippen LogP contribution in [0.2, 0.25) is 0 Å². The van der Waals surface area contributed by atoms with Crippen LogP contribution in [0.15, 0.2) is 59.5 Å². The molecule has 1 amide bonds. The van der Waals surface area contributed by atoms with E-state index in [4.69, 9.17) is 4.74 Å². The third kappa shape index (κ3) is 4.46. The molecule has 6 nitrogen and oxygen atoms in total. The van der Waals surface area contributed by atoms with Crippen LogP contribution >= 0.6 is 0 Å². The van der Waals surface area contributed by atoms with Crippen molar-refractivity contribution >= 4 is 5.91 Å². The lowest BCUT2D eigenvalue weighted by Crippen LogP contribution is -2.37. The summed E-state index contributed by atoms with van der Waals surface area (Å²) >= 11 is 0. The van der Waals surface area contributed by atoms with E-state index < -0.39 is 11.5 Å². The Labute approximate surface area is 163 Å². The highest BCUT2D eigenvalue weighted by atomic mass is 16.5. The van der Waals surface area contributed by atoms with Crippen molar-refractivity contribution in [3.8, 4) is 17.0 Å². The van der Waals surface area contributed by atoms with Gasteiger partial charge in [0.05, 0.1) is 7.11 Å². The van der Waals surface area contributed by atoms with Crippen LogP contribution < -0.4 is 15.6 Å². The fourth-order valence-corrected chi connectivity index (χ4v) is 2.97. The number of nitrogens with zero attached hydrogens (tertiary/aromatic N) is 1. The first-order valence-corrected chi connectivity index (χ1v) is 9.07. The molecule has 0 aliphatic rings. The first-order valence-electron chi connectivity index (χ1n) is 9.07. The Bertz CT molecular complexity index is 1030. The summed E-state index contributed by atoms with van der Waals surface area (Å²) in [5.74, 6) is 0.336. The SMILES string of the molecule is COc1ccc(-c2ccc(C(=O)N[C@@H](C)Cc3ncccc3C)c(=O)[nH]2)cc1. The number of carbonyl (C=O) groups is 1. The van der Waals surface area contributed by atoms with Crippen LogP contribution in [0.5, 0.6) is 5.75 Å². The van der Waals surface area contributed by atoms with Gasteiger partial charge < -0.3 is 15.0 Å². The number of aryl methyl sites for hydroxylation is 1. The highest BCUT2D eigenvalue weighted by Gasteiger charge is 2.15. The molecule has 3 rings (SSSR count). The Balaban J connectivity index is 1.71. The van der Waals surface area contributed by atoms with Crippen molar-refractivity contribution < 1.29 is 9.53 Å². The van der Waals surface area contributed by atoms with E-state index in [2.05, 4.69) is 15.3 Å². The normalized spacial score (nSPS) is 11.7. The molecule has 0 radical (unpaired) electrons. The van der Waals surface area contributed by atoms with E-state index in [1.54, 1.807) is 25.4 Å². The Morgan fingerprint density at radius 3 is 2.57 bits per heavy atom. The average molecular weight is 377 g/mol. The molecule has 0 spiro atoms. The Morgan fingerprint density at radius 2 is 1.93 bits per heavy atom. The van der Waals surface area contributed by atoms with Crippen molar-refractivity contribution in [2.75, 3.05) is 7.11 Å². The second-order valence-electron chi connectivity index (χ2n) is 6.69. The molecule has 144 valence electrons. The quantitative estimate of drug-likeness (QED) is 0.691. The highest BCUT2D eigenvalue weighted by molar-refractivity contribution is 5.94. The van der Waals surface area contributed by atoms with Gasteiger partial charge >= 0.3 is 0 Å². The van der Waals surface area contributed by atoms with Crippen molar-refractivity contribution in [3.05, 3.63) is 81.9 Å². The highest BCUT2D eigenvalue weighted by Crippen LogP contribution is 2.19. The molecule has 0 saturated heterocycles. The van der Waals surface area contributed by atoms with Crippen molar-refractivity contribution in [2.45, 2.75) is 26.3 Å². The number of methoxy groups -OCH3 is 1. The summed E-state index contributed by atoms with van der Waals surface area (Å²) in [4.78, 5) is 32.1. The molecule has 28 heavy (non-hydrogen) atoms. The monoisotopic (exact) mass is 377 g/mol. The molecule has 0 saturated carbocycles. The number of rotatable bonds is 6. The molecule has 0 aliphatic carbocycles. The molecule has 0 unspecified atom stereocenters. The minimum atomic E-state index is -0.424. The van der Waals surface area contributed by atoms with Gasteiger partial charge in [-0.15, -0.1) is 0 Å². The van der Waals surface area contributed by atoms with Crippen molar-refractivity contribution in [2.24, 2.45) is 0 Å². The molecule has 2 N–H and O–H groups in total. The van der Waals surface area contributed by atoms with Crippen LogP contribution in [0.3, 0.4) is 0 Å². The summed E-state index contributed by atoms with van der Waals surface area (Å²) in [6.45, 7) is 3.88. The fourth-order valence-electron chi connectivity index (χ4n) is 2.97. The number of pyridine rings is 2. The maximum Gasteiger partial charge on any atom is 0.261 e. The standard InChI is InChI=1S/C22H23N3O3/c1-14-5-4-12-23-20(14)13-15(2)24-21(26)18-10-11-19(25-22(18)27)16-6-8-17(28-3)9-7-16/h4-12,15H,13H2,1-3H3,(H,24,26)(H,25,27)/t15-/m0/s1. The van der Waals surface area contributed by atoms with Gasteiger partial charge in [-0.1, -0.05) is 6.07 Å². The molecule has 0 bridgehead atoms. The van der Waals surface area contributed by atoms with Gasteiger partial charge in [-0.25, -0.2) is 0 Å². The molecular weight excluding hydrogens is 354 g/mol. The number of ether oxygens (including phenoxy) is 1. The van der Waals surface area contributed by atoms with Crippen LogP contribution in [0, 0.1) is 6.92 Å². The number of carbonyl (C=O) groups excluding carboxylic acids is 1. The maximum absolute atomic E-state index is 12.5. The topological polar surface area (TPSA) is 84.1 Å².